The summed E-state index contributed by atoms with van der Waals surface area (Å²) in [4.78, 5) is 2.67. The van der Waals surface area contributed by atoms with Gasteiger partial charge in [0.25, 0.3) is 0 Å². The van der Waals surface area contributed by atoms with Gasteiger partial charge in [0.05, 0.1) is 0 Å². The summed E-state index contributed by atoms with van der Waals surface area (Å²) in [7, 11) is 0. The van der Waals surface area contributed by atoms with Gasteiger partial charge in [0.2, 0.25) is 0 Å². The highest BCUT2D eigenvalue weighted by atomic mass is 15.2. The fraction of sp³-hybridized carbons (Fsp3) is 1.00. The number of nitrogens with one attached hydrogen (secondary N) is 1. The standard InChI is InChI=1S/C12H26N2/c1-4-11(3)10-12(5-2)14-8-6-13-7-9-14/h11-13H,4-10H2,1-3H3. The minimum Gasteiger partial charge on any atom is -0.314 e. The number of hydrogen-bond acceptors (Lipinski definition) is 2. The molecule has 0 amide bonds. The lowest BCUT2D eigenvalue weighted by molar-refractivity contribution is 0.146. The molecule has 2 nitrogen and oxygen atoms in total. The van der Waals surface area contributed by atoms with Crippen molar-refractivity contribution < 1.29 is 0 Å². The van der Waals surface area contributed by atoms with Crippen LogP contribution in [0.1, 0.15) is 40.0 Å². The summed E-state index contributed by atoms with van der Waals surface area (Å²) in [6.45, 7) is 11.9. The maximum Gasteiger partial charge on any atom is 0.0110 e. The lowest BCUT2D eigenvalue weighted by Crippen LogP contribution is -2.48. The van der Waals surface area contributed by atoms with E-state index in [9.17, 15) is 0 Å². The molecule has 0 aliphatic carbocycles. The Morgan fingerprint density at radius 3 is 2.29 bits per heavy atom. The highest BCUT2D eigenvalue weighted by Crippen LogP contribution is 2.17. The second-order valence-corrected chi connectivity index (χ2v) is 4.60. The summed E-state index contributed by atoms with van der Waals surface area (Å²) < 4.78 is 0. The molecule has 14 heavy (non-hydrogen) atoms. The first-order chi connectivity index (χ1) is 6.77. The van der Waals surface area contributed by atoms with E-state index in [1.807, 2.05) is 0 Å². The van der Waals surface area contributed by atoms with Gasteiger partial charge in [-0.25, -0.2) is 0 Å². The minimum absolute atomic E-state index is 0.826. The first-order valence-corrected chi connectivity index (χ1v) is 6.22. The van der Waals surface area contributed by atoms with Crippen LogP contribution >= 0.6 is 0 Å². The Bertz CT molecular complexity index is 141. The molecule has 0 aromatic rings. The fourth-order valence-electron chi connectivity index (χ4n) is 2.25. The van der Waals surface area contributed by atoms with Crippen molar-refractivity contribution in [3.05, 3.63) is 0 Å². The Balaban J connectivity index is 2.35. The number of nitrogens with zero attached hydrogens (tertiary/aromatic N) is 1. The second-order valence-electron chi connectivity index (χ2n) is 4.60. The van der Waals surface area contributed by atoms with Crippen molar-refractivity contribution in [2.75, 3.05) is 26.2 Å². The van der Waals surface area contributed by atoms with Crippen molar-refractivity contribution in [2.45, 2.75) is 46.1 Å². The summed E-state index contributed by atoms with van der Waals surface area (Å²) in [6, 6.07) is 0.826. The van der Waals surface area contributed by atoms with Crippen molar-refractivity contribution in [3.8, 4) is 0 Å². The topological polar surface area (TPSA) is 15.3 Å². The molecular weight excluding hydrogens is 172 g/mol. The van der Waals surface area contributed by atoms with Crippen molar-refractivity contribution in [1.29, 1.82) is 0 Å². The van der Waals surface area contributed by atoms with E-state index in [4.69, 9.17) is 0 Å². The van der Waals surface area contributed by atoms with E-state index in [1.165, 1.54) is 45.4 Å². The van der Waals surface area contributed by atoms with Gasteiger partial charge in [-0.1, -0.05) is 27.2 Å². The quantitative estimate of drug-likeness (QED) is 0.728. The average Bonchev–Trinajstić information content (AvgIpc) is 2.26. The molecular formula is C12H26N2. The third-order valence-corrected chi connectivity index (χ3v) is 3.51. The van der Waals surface area contributed by atoms with Crippen LogP contribution in [0.4, 0.5) is 0 Å². The molecule has 2 heteroatoms. The van der Waals surface area contributed by atoms with Crippen LogP contribution in [-0.4, -0.2) is 37.1 Å². The number of piperazine rings is 1. The van der Waals surface area contributed by atoms with E-state index in [-0.39, 0.29) is 0 Å². The van der Waals surface area contributed by atoms with Gasteiger partial charge in [-0.05, 0) is 18.8 Å². The van der Waals surface area contributed by atoms with Crippen LogP contribution < -0.4 is 5.32 Å². The van der Waals surface area contributed by atoms with Gasteiger partial charge in [0.1, 0.15) is 0 Å². The average molecular weight is 198 g/mol. The summed E-state index contributed by atoms with van der Waals surface area (Å²) in [6.07, 6.45) is 4.01. The molecule has 2 unspecified atom stereocenters. The van der Waals surface area contributed by atoms with E-state index >= 15 is 0 Å². The molecule has 1 aliphatic rings. The summed E-state index contributed by atoms with van der Waals surface area (Å²) in [5, 5.41) is 3.42. The van der Waals surface area contributed by atoms with Gasteiger partial charge in [-0.15, -0.1) is 0 Å². The lowest BCUT2D eigenvalue weighted by atomic mass is 9.96. The molecule has 0 spiro atoms. The van der Waals surface area contributed by atoms with E-state index in [2.05, 4.69) is 31.0 Å². The van der Waals surface area contributed by atoms with Gasteiger partial charge in [0, 0.05) is 32.2 Å². The smallest absolute Gasteiger partial charge is 0.0110 e. The van der Waals surface area contributed by atoms with Crippen molar-refractivity contribution in [1.82, 2.24) is 10.2 Å². The monoisotopic (exact) mass is 198 g/mol. The Kier molecular flexibility index (Phi) is 5.49. The predicted octanol–water partition coefficient (Wildman–Crippen LogP) is 2.11. The van der Waals surface area contributed by atoms with E-state index in [0.29, 0.717) is 0 Å². The molecule has 84 valence electrons. The highest BCUT2D eigenvalue weighted by molar-refractivity contribution is 4.77. The zero-order valence-electron chi connectivity index (χ0n) is 10.1. The van der Waals surface area contributed by atoms with E-state index in [0.717, 1.165) is 12.0 Å². The van der Waals surface area contributed by atoms with Crippen LogP contribution in [0.5, 0.6) is 0 Å². The van der Waals surface area contributed by atoms with Crippen LogP contribution in [0.2, 0.25) is 0 Å². The SMILES string of the molecule is CCC(C)CC(CC)N1CCNCC1. The van der Waals surface area contributed by atoms with Crippen LogP contribution in [0.3, 0.4) is 0 Å². The zero-order valence-corrected chi connectivity index (χ0v) is 10.1. The van der Waals surface area contributed by atoms with Crippen LogP contribution in [0.25, 0.3) is 0 Å². The maximum absolute atomic E-state index is 3.42. The molecule has 0 radical (unpaired) electrons. The van der Waals surface area contributed by atoms with Gasteiger partial charge >= 0.3 is 0 Å². The minimum atomic E-state index is 0.826. The normalized spacial score (nSPS) is 23.4. The number of hydrogen-bond donors (Lipinski definition) is 1. The molecule has 1 heterocycles. The molecule has 2 atom stereocenters. The molecule has 1 rings (SSSR count). The zero-order chi connectivity index (χ0) is 10.4. The summed E-state index contributed by atoms with van der Waals surface area (Å²) in [5.41, 5.74) is 0. The number of rotatable bonds is 5. The predicted molar refractivity (Wildman–Crippen MR) is 62.6 cm³/mol. The van der Waals surface area contributed by atoms with Crippen LogP contribution in [0, 0.1) is 5.92 Å². The first kappa shape index (κ1) is 12.0. The molecule has 1 saturated heterocycles. The maximum atomic E-state index is 3.42. The highest BCUT2D eigenvalue weighted by Gasteiger charge is 2.19. The molecule has 1 aliphatic heterocycles. The van der Waals surface area contributed by atoms with E-state index < -0.39 is 0 Å². The largest absolute Gasteiger partial charge is 0.314 e. The Labute approximate surface area is 89.1 Å². The van der Waals surface area contributed by atoms with Gasteiger partial charge in [-0.3, -0.25) is 4.90 Å². The van der Waals surface area contributed by atoms with Crippen molar-refractivity contribution >= 4 is 0 Å². The van der Waals surface area contributed by atoms with Gasteiger partial charge in [-0.2, -0.15) is 0 Å². The van der Waals surface area contributed by atoms with Crippen LogP contribution in [-0.2, 0) is 0 Å². The second kappa shape index (κ2) is 6.41. The molecule has 0 aromatic heterocycles. The van der Waals surface area contributed by atoms with E-state index in [1.54, 1.807) is 0 Å². The third kappa shape index (κ3) is 3.58. The van der Waals surface area contributed by atoms with Gasteiger partial charge in [0.15, 0.2) is 0 Å². The first-order valence-electron chi connectivity index (χ1n) is 6.22. The van der Waals surface area contributed by atoms with Crippen LogP contribution in [0.15, 0.2) is 0 Å². The van der Waals surface area contributed by atoms with Crippen molar-refractivity contribution in [2.24, 2.45) is 5.92 Å². The molecule has 1 fully saturated rings. The summed E-state index contributed by atoms with van der Waals surface area (Å²) in [5.74, 6) is 0.884. The molecule has 0 bridgehead atoms. The van der Waals surface area contributed by atoms with Gasteiger partial charge < -0.3 is 5.32 Å². The lowest BCUT2D eigenvalue weighted by Gasteiger charge is -2.35. The summed E-state index contributed by atoms with van der Waals surface area (Å²) >= 11 is 0. The fourth-order valence-corrected chi connectivity index (χ4v) is 2.25. The molecule has 0 aromatic carbocycles. The van der Waals surface area contributed by atoms with Crippen molar-refractivity contribution in [3.63, 3.8) is 0 Å². The Morgan fingerprint density at radius 2 is 1.79 bits per heavy atom. The molecule has 0 saturated carbocycles. The molecule has 1 N–H and O–H groups in total. The Hall–Kier alpha value is -0.0800. The third-order valence-electron chi connectivity index (χ3n) is 3.51. The Morgan fingerprint density at radius 1 is 1.14 bits per heavy atom.